The van der Waals surface area contributed by atoms with Crippen LogP contribution in [0.5, 0.6) is 0 Å². The van der Waals surface area contributed by atoms with Crippen molar-refractivity contribution in [3.8, 4) is 0 Å². The SMILES string of the molecule is Fc1ccc(F)c(/C=C/c2nc3cc(Cl)ccc3o2)c1. The number of fused-ring (bicyclic) bond motifs is 1. The monoisotopic (exact) mass is 291 g/mol. The van der Waals surface area contributed by atoms with Crippen LogP contribution in [-0.4, -0.2) is 4.98 Å². The summed E-state index contributed by atoms with van der Waals surface area (Å²) < 4.78 is 31.9. The largest absolute Gasteiger partial charge is 0.437 e. The quantitative estimate of drug-likeness (QED) is 0.669. The number of oxazole rings is 1. The number of rotatable bonds is 2. The zero-order chi connectivity index (χ0) is 14.1. The number of halogens is 3. The molecule has 100 valence electrons. The van der Waals surface area contributed by atoms with E-state index in [2.05, 4.69) is 4.98 Å². The molecule has 0 saturated heterocycles. The Bertz CT molecular complexity index is 811. The molecule has 0 radical (unpaired) electrons. The summed E-state index contributed by atoms with van der Waals surface area (Å²) in [6.07, 6.45) is 2.89. The Morgan fingerprint density at radius 3 is 2.75 bits per heavy atom. The molecule has 0 bridgehead atoms. The van der Waals surface area contributed by atoms with E-state index < -0.39 is 11.6 Å². The number of nitrogens with zero attached hydrogens (tertiary/aromatic N) is 1. The second-order valence-electron chi connectivity index (χ2n) is 4.16. The lowest BCUT2D eigenvalue weighted by atomic mass is 10.2. The zero-order valence-corrected chi connectivity index (χ0v) is 10.9. The summed E-state index contributed by atoms with van der Waals surface area (Å²) in [5, 5.41) is 0.553. The van der Waals surface area contributed by atoms with Crippen LogP contribution in [0.4, 0.5) is 8.78 Å². The van der Waals surface area contributed by atoms with Crippen molar-refractivity contribution in [2.45, 2.75) is 0 Å². The fraction of sp³-hybridized carbons (Fsp3) is 0. The van der Waals surface area contributed by atoms with Crippen LogP contribution in [0.1, 0.15) is 11.5 Å². The molecule has 0 atom stereocenters. The maximum atomic E-state index is 13.4. The molecule has 0 saturated carbocycles. The van der Waals surface area contributed by atoms with Crippen LogP contribution in [0, 0.1) is 11.6 Å². The van der Waals surface area contributed by atoms with Gasteiger partial charge in [-0.2, -0.15) is 0 Å². The van der Waals surface area contributed by atoms with Gasteiger partial charge in [0.05, 0.1) is 0 Å². The van der Waals surface area contributed by atoms with Gasteiger partial charge in [-0.25, -0.2) is 13.8 Å². The summed E-state index contributed by atoms with van der Waals surface area (Å²) in [5.41, 5.74) is 1.32. The topological polar surface area (TPSA) is 26.0 Å². The second kappa shape index (κ2) is 5.06. The van der Waals surface area contributed by atoms with Crippen LogP contribution in [0.2, 0.25) is 5.02 Å². The Morgan fingerprint density at radius 1 is 1.05 bits per heavy atom. The molecule has 0 aliphatic rings. The Balaban J connectivity index is 1.96. The average molecular weight is 292 g/mol. The molecule has 20 heavy (non-hydrogen) atoms. The Hall–Kier alpha value is -2.20. The highest BCUT2D eigenvalue weighted by Gasteiger charge is 2.04. The molecule has 1 aromatic heterocycles. The van der Waals surface area contributed by atoms with Gasteiger partial charge >= 0.3 is 0 Å². The molecule has 0 fully saturated rings. The van der Waals surface area contributed by atoms with E-state index in [1.807, 2.05) is 0 Å². The van der Waals surface area contributed by atoms with Gasteiger partial charge in [0.1, 0.15) is 17.2 Å². The van der Waals surface area contributed by atoms with Gasteiger partial charge in [0.2, 0.25) is 5.89 Å². The van der Waals surface area contributed by atoms with E-state index in [9.17, 15) is 8.78 Å². The summed E-state index contributed by atoms with van der Waals surface area (Å²) in [4.78, 5) is 4.19. The standard InChI is InChI=1S/C15H8ClF2NO/c16-10-2-5-14-13(8-10)19-15(20-14)6-1-9-7-11(17)3-4-12(9)18/h1-8H/b6-1+. The summed E-state index contributed by atoms with van der Waals surface area (Å²) in [6.45, 7) is 0. The summed E-state index contributed by atoms with van der Waals surface area (Å²) in [6, 6.07) is 8.29. The van der Waals surface area contributed by atoms with E-state index in [-0.39, 0.29) is 5.56 Å². The van der Waals surface area contributed by atoms with E-state index >= 15 is 0 Å². The van der Waals surface area contributed by atoms with Crippen molar-refractivity contribution in [3.63, 3.8) is 0 Å². The van der Waals surface area contributed by atoms with Crippen molar-refractivity contribution in [1.82, 2.24) is 4.98 Å². The first kappa shape index (κ1) is 12.8. The van der Waals surface area contributed by atoms with E-state index in [1.54, 1.807) is 18.2 Å². The van der Waals surface area contributed by atoms with E-state index in [0.29, 0.717) is 22.0 Å². The van der Waals surface area contributed by atoms with Gasteiger partial charge in [-0.05, 0) is 42.5 Å². The fourth-order valence-corrected chi connectivity index (χ4v) is 1.96. The number of hydrogen-bond acceptors (Lipinski definition) is 2. The molecule has 5 heteroatoms. The first-order chi connectivity index (χ1) is 9.61. The number of aromatic nitrogens is 1. The summed E-state index contributed by atoms with van der Waals surface area (Å²) >= 11 is 5.85. The van der Waals surface area contributed by atoms with Gasteiger partial charge < -0.3 is 4.42 Å². The van der Waals surface area contributed by atoms with E-state index in [1.165, 1.54) is 12.2 Å². The minimum Gasteiger partial charge on any atom is -0.437 e. The summed E-state index contributed by atoms with van der Waals surface area (Å²) in [7, 11) is 0. The maximum absolute atomic E-state index is 13.4. The predicted octanol–water partition coefficient (Wildman–Crippen LogP) is 4.93. The molecule has 0 aliphatic carbocycles. The molecule has 3 rings (SSSR count). The highest BCUT2D eigenvalue weighted by Crippen LogP contribution is 2.21. The average Bonchev–Trinajstić information content (AvgIpc) is 2.81. The zero-order valence-electron chi connectivity index (χ0n) is 10.1. The van der Waals surface area contributed by atoms with Gasteiger partial charge in [0.25, 0.3) is 0 Å². The molecule has 0 N–H and O–H groups in total. The third-order valence-electron chi connectivity index (χ3n) is 2.73. The first-order valence-corrected chi connectivity index (χ1v) is 6.19. The lowest BCUT2D eigenvalue weighted by Gasteiger charge is -1.95. The normalized spacial score (nSPS) is 11.6. The highest BCUT2D eigenvalue weighted by atomic mass is 35.5. The van der Waals surface area contributed by atoms with Crippen LogP contribution in [-0.2, 0) is 0 Å². The highest BCUT2D eigenvalue weighted by molar-refractivity contribution is 6.31. The lowest BCUT2D eigenvalue weighted by molar-refractivity contribution is 0.589. The van der Waals surface area contributed by atoms with Gasteiger partial charge in [0.15, 0.2) is 5.58 Å². The molecule has 0 unspecified atom stereocenters. The molecule has 0 spiro atoms. The Morgan fingerprint density at radius 2 is 1.90 bits per heavy atom. The molecular formula is C15H8ClF2NO. The molecule has 0 amide bonds. The minimum atomic E-state index is -0.512. The lowest BCUT2D eigenvalue weighted by Crippen LogP contribution is -1.83. The van der Waals surface area contributed by atoms with Crippen molar-refractivity contribution in [2.24, 2.45) is 0 Å². The first-order valence-electron chi connectivity index (χ1n) is 5.81. The number of benzene rings is 2. The second-order valence-corrected chi connectivity index (χ2v) is 4.60. The smallest absolute Gasteiger partial charge is 0.220 e. The van der Waals surface area contributed by atoms with Gasteiger partial charge in [0, 0.05) is 16.7 Å². The van der Waals surface area contributed by atoms with E-state index in [4.69, 9.17) is 16.0 Å². The molecule has 2 nitrogen and oxygen atoms in total. The van der Waals surface area contributed by atoms with Crippen LogP contribution in [0.3, 0.4) is 0 Å². The number of hydrogen-bond donors (Lipinski definition) is 0. The predicted molar refractivity (Wildman–Crippen MR) is 74.3 cm³/mol. The van der Waals surface area contributed by atoms with Crippen LogP contribution < -0.4 is 0 Å². The molecule has 3 aromatic rings. The minimum absolute atomic E-state index is 0.130. The third kappa shape index (κ3) is 2.56. The van der Waals surface area contributed by atoms with Crippen LogP contribution in [0.15, 0.2) is 40.8 Å². The molecular weight excluding hydrogens is 284 g/mol. The van der Waals surface area contributed by atoms with Gasteiger partial charge in [-0.3, -0.25) is 0 Å². The van der Waals surface area contributed by atoms with Crippen molar-refractivity contribution < 1.29 is 13.2 Å². The fourth-order valence-electron chi connectivity index (χ4n) is 1.79. The van der Waals surface area contributed by atoms with Crippen LogP contribution in [0.25, 0.3) is 23.3 Å². The van der Waals surface area contributed by atoms with Gasteiger partial charge in [-0.1, -0.05) is 11.6 Å². The summed E-state index contributed by atoms with van der Waals surface area (Å²) in [5.74, 6) is -0.719. The van der Waals surface area contributed by atoms with Crippen molar-refractivity contribution in [2.75, 3.05) is 0 Å². The van der Waals surface area contributed by atoms with Crippen LogP contribution >= 0.6 is 11.6 Å². The molecule has 1 heterocycles. The Kier molecular flexibility index (Phi) is 3.24. The van der Waals surface area contributed by atoms with E-state index in [0.717, 1.165) is 18.2 Å². The van der Waals surface area contributed by atoms with Crippen molar-refractivity contribution in [1.29, 1.82) is 0 Å². The maximum Gasteiger partial charge on any atom is 0.220 e. The van der Waals surface area contributed by atoms with Crippen molar-refractivity contribution >= 4 is 34.9 Å². The Labute approximate surface area is 118 Å². The van der Waals surface area contributed by atoms with Crippen molar-refractivity contribution in [3.05, 3.63) is 64.5 Å². The molecule has 0 aliphatic heterocycles. The van der Waals surface area contributed by atoms with Gasteiger partial charge in [-0.15, -0.1) is 0 Å². The third-order valence-corrected chi connectivity index (χ3v) is 2.96. The molecule has 2 aromatic carbocycles.